The van der Waals surface area contributed by atoms with Crippen molar-refractivity contribution in [3.63, 3.8) is 0 Å². The van der Waals surface area contributed by atoms with E-state index in [2.05, 4.69) is 10.0 Å². The quantitative estimate of drug-likeness (QED) is 0.848. The van der Waals surface area contributed by atoms with Crippen molar-refractivity contribution in [3.05, 3.63) is 29.8 Å². The Hall–Kier alpha value is -1.31. The van der Waals surface area contributed by atoms with Gasteiger partial charge in [-0.1, -0.05) is 12.1 Å². The van der Waals surface area contributed by atoms with Crippen LogP contribution in [0.15, 0.2) is 24.3 Å². The molecule has 3 rings (SSSR count). The molecule has 0 unspecified atom stereocenters. The van der Waals surface area contributed by atoms with Crippen LogP contribution in [0.25, 0.3) is 0 Å². The number of nitrogens with one attached hydrogen (secondary N) is 2. The van der Waals surface area contributed by atoms with E-state index in [4.69, 9.17) is 0 Å². The molecular weight excluding hydrogens is 326 g/mol. The molecule has 2 aliphatic heterocycles. The Labute approximate surface area is 136 Å². The van der Waals surface area contributed by atoms with Gasteiger partial charge in [0.15, 0.2) is 0 Å². The van der Waals surface area contributed by atoms with Gasteiger partial charge >= 0.3 is 0 Å². The molecule has 1 amide bonds. The Balaban J connectivity index is 0.00000176. The third-order valence-corrected chi connectivity index (χ3v) is 4.72. The zero-order valence-corrected chi connectivity index (χ0v) is 13.9. The van der Waals surface area contributed by atoms with E-state index in [0.717, 1.165) is 32.4 Å². The van der Waals surface area contributed by atoms with E-state index in [1.54, 1.807) is 24.3 Å². The predicted octanol–water partition coefficient (Wildman–Crippen LogP) is 0.771. The molecule has 2 fully saturated rings. The van der Waals surface area contributed by atoms with Crippen molar-refractivity contribution < 1.29 is 13.2 Å². The second-order valence-corrected chi connectivity index (χ2v) is 7.56. The number of nitrogens with zero attached hydrogens (tertiary/aromatic N) is 1. The summed E-state index contributed by atoms with van der Waals surface area (Å²) in [7, 11) is -3.40. The number of carbonyl (C=O) groups excluding carboxylic acids is 1. The Kier molecular flexibility index (Phi) is 4.99. The highest BCUT2D eigenvalue weighted by Gasteiger charge is 2.38. The summed E-state index contributed by atoms with van der Waals surface area (Å²) in [6, 6.07) is 6.75. The van der Waals surface area contributed by atoms with Crippen LogP contribution in [-0.2, 0) is 10.0 Å². The van der Waals surface area contributed by atoms with Crippen molar-refractivity contribution in [2.45, 2.75) is 0 Å². The maximum absolute atomic E-state index is 12.7. The van der Waals surface area contributed by atoms with E-state index in [1.165, 1.54) is 0 Å². The fraction of sp³-hybridized carbons (Fsp3) is 0.500. The van der Waals surface area contributed by atoms with Crippen LogP contribution in [0.2, 0.25) is 0 Å². The number of halogens is 1. The molecule has 2 aliphatic rings. The lowest BCUT2D eigenvalue weighted by Gasteiger charge is -2.19. The molecule has 122 valence electrons. The zero-order valence-electron chi connectivity index (χ0n) is 12.3. The number of para-hydroxylation sites is 1. The SMILES string of the molecule is CS(=O)(=O)Nc1ccccc1C(=O)N1C[C@H]2CNC[C@H]2C1.Cl. The standard InChI is InChI=1S/C14H19N3O3S.ClH/c1-21(19,20)16-13-5-3-2-4-12(13)14(18)17-8-10-6-15-7-11(10)9-17;/h2-5,10-11,15-16H,6-9H2,1H3;1H/t10-,11+;. The van der Waals surface area contributed by atoms with E-state index in [1.807, 2.05) is 4.90 Å². The molecule has 22 heavy (non-hydrogen) atoms. The number of hydrogen-bond donors (Lipinski definition) is 2. The molecule has 1 aromatic carbocycles. The van der Waals surface area contributed by atoms with Gasteiger partial charge in [-0.3, -0.25) is 9.52 Å². The third kappa shape index (κ3) is 3.53. The minimum atomic E-state index is -3.40. The summed E-state index contributed by atoms with van der Waals surface area (Å²) in [6.07, 6.45) is 1.08. The Bertz CT molecular complexity index is 653. The van der Waals surface area contributed by atoms with Crippen molar-refractivity contribution in [1.29, 1.82) is 0 Å². The van der Waals surface area contributed by atoms with Crippen molar-refractivity contribution in [2.24, 2.45) is 11.8 Å². The Morgan fingerprint density at radius 3 is 2.41 bits per heavy atom. The number of fused-ring (bicyclic) bond motifs is 1. The third-order valence-electron chi connectivity index (χ3n) is 4.13. The first-order valence-electron chi connectivity index (χ1n) is 7.01. The van der Waals surface area contributed by atoms with Gasteiger partial charge in [0, 0.05) is 26.2 Å². The highest BCUT2D eigenvalue weighted by molar-refractivity contribution is 7.92. The van der Waals surface area contributed by atoms with Gasteiger partial charge in [-0.2, -0.15) is 0 Å². The van der Waals surface area contributed by atoms with Gasteiger partial charge in [-0.25, -0.2) is 8.42 Å². The number of rotatable bonds is 3. The molecule has 0 saturated carbocycles. The number of likely N-dealkylation sites (tertiary alicyclic amines) is 1. The molecule has 8 heteroatoms. The van der Waals surface area contributed by atoms with Crippen molar-refractivity contribution in [3.8, 4) is 0 Å². The Morgan fingerprint density at radius 1 is 1.23 bits per heavy atom. The molecule has 2 atom stereocenters. The largest absolute Gasteiger partial charge is 0.338 e. The van der Waals surface area contributed by atoms with E-state index >= 15 is 0 Å². The molecule has 2 N–H and O–H groups in total. The van der Waals surface area contributed by atoms with Gasteiger partial charge in [0.25, 0.3) is 5.91 Å². The maximum atomic E-state index is 12.7. The molecule has 0 spiro atoms. The summed E-state index contributed by atoms with van der Waals surface area (Å²) in [5, 5.41) is 3.34. The first-order valence-corrected chi connectivity index (χ1v) is 8.90. The van der Waals surface area contributed by atoms with Gasteiger partial charge in [-0.15, -0.1) is 12.4 Å². The lowest BCUT2D eigenvalue weighted by atomic mass is 10.0. The molecule has 6 nitrogen and oxygen atoms in total. The summed E-state index contributed by atoms with van der Waals surface area (Å²) in [4.78, 5) is 14.5. The van der Waals surface area contributed by atoms with E-state index in [-0.39, 0.29) is 18.3 Å². The zero-order chi connectivity index (χ0) is 15.0. The highest BCUT2D eigenvalue weighted by atomic mass is 35.5. The lowest BCUT2D eigenvalue weighted by molar-refractivity contribution is 0.0783. The van der Waals surface area contributed by atoms with Crippen LogP contribution in [0.1, 0.15) is 10.4 Å². The van der Waals surface area contributed by atoms with Crippen LogP contribution >= 0.6 is 12.4 Å². The van der Waals surface area contributed by atoms with Gasteiger partial charge < -0.3 is 10.2 Å². The Morgan fingerprint density at radius 2 is 1.82 bits per heavy atom. The number of anilines is 1. The fourth-order valence-corrected chi connectivity index (χ4v) is 3.73. The van der Waals surface area contributed by atoms with Crippen molar-refractivity contribution in [1.82, 2.24) is 10.2 Å². The lowest BCUT2D eigenvalue weighted by Crippen LogP contribution is -2.32. The fourth-order valence-electron chi connectivity index (χ4n) is 3.15. The number of hydrogen-bond acceptors (Lipinski definition) is 4. The van der Waals surface area contributed by atoms with Crippen LogP contribution in [0.3, 0.4) is 0 Å². The van der Waals surface area contributed by atoms with E-state index in [9.17, 15) is 13.2 Å². The minimum Gasteiger partial charge on any atom is -0.338 e. The smallest absolute Gasteiger partial charge is 0.256 e. The molecular formula is C14H20ClN3O3S. The summed E-state index contributed by atoms with van der Waals surface area (Å²) < 4.78 is 25.2. The first kappa shape index (κ1) is 17.1. The predicted molar refractivity (Wildman–Crippen MR) is 87.9 cm³/mol. The molecule has 0 aliphatic carbocycles. The van der Waals surface area contributed by atoms with Gasteiger partial charge in [0.05, 0.1) is 17.5 Å². The number of amides is 1. The highest BCUT2D eigenvalue weighted by Crippen LogP contribution is 2.29. The maximum Gasteiger partial charge on any atom is 0.256 e. The van der Waals surface area contributed by atoms with Crippen LogP contribution in [0, 0.1) is 11.8 Å². The topological polar surface area (TPSA) is 78.5 Å². The number of carbonyl (C=O) groups is 1. The molecule has 0 bridgehead atoms. The molecule has 1 aromatic rings. The monoisotopic (exact) mass is 345 g/mol. The second-order valence-electron chi connectivity index (χ2n) is 5.81. The normalized spacial score (nSPS) is 23.8. The van der Waals surface area contributed by atoms with Gasteiger partial charge in [0.1, 0.15) is 0 Å². The average Bonchev–Trinajstić information content (AvgIpc) is 2.97. The molecule has 0 aromatic heterocycles. The number of benzene rings is 1. The van der Waals surface area contributed by atoms with E-state index < -0.39 is 10.0 Å². The molecule has 0 radical (unpaired) electrons. The summed E-state index contributed by atoms with van der Waals surface area (Å²) in [5.41, 5.74) is 0.760. The van der Waals surface area contributed by atoms with Crippen LogP contribution in [0.5, 0.6) is 0 Å². The van der Waals surface area contributed by atoms with Crippen LogP contribution in [-0.4, -0.2) is 51.7 Å². The number of sulfonamides is 1. The van der Waals surface area contributed by atoms with Gasteiger partial charge in [-0.05, 0) is 24.0 Å². The summed E-state index contributed by atoms with van der Waals surface area (Å²) in [6.45, 7) is 3.39. The first-order chi connectivity index (χ1) is 9.94. The molecule has 2 heterocycles. The minimum absolute atomic E-state index is 0. The second kappa shape index (κ2) is 6.44. The molecule has 2 saturated heterocycles. The van der Waals surface area contributed by atoms with Crippen LogP contribution in [0.4, 0.5) is 5.69 Å². The van der Waals surface area contributed by atoms with Crippen LogP contribution < -0.4 is 10.0 Å². The van der Waals surface area contributed by atoms with Gasteiger partial charge in [0.2, 0.25) is 10.0 Å². The van der Waals surface area contributed by atoms with E-state index in [0.29, 0.717) is 23.1 Å². The van der Waals surface area contributed by atoms with Crippen molar-refractivity contribution in [2.75, 3.05) is 37.2 Å². The van der Waals surface area contributed by atoms with Crippen molar-refractivity contribution >= 4 is 34.0 Å². The summed E-state index contributed by atoms with van der Waals surface area (Å²) >= 11 is 0. The summed E-state index contributed by atoms with van der Waals surface area (Å²) in [5.74, 6) is 0.934. The average molecular weight is 346 g/mol.